The summed E-state index contributed by atoms with van der Waals surface area (Å²) in [6.45, 7) is 5.57. The van der Waals surface area contributed by atoms with Crippen LogP contribution in [0.25, 0.3) is 0 Å². The van der Waals surface area contributed by atoms with Crippen molar-refractivity contribution >= 4 is 17.5 Å². The molecular formula is C16H22N2O2. The highest BCUT2D eigenvalue weighted by Crippen LogP contribution is 2.48. The monoisotopic (exact) mass is 274 g/mol. The summed E-state index contributed by atoms with van der Waals surface area (Å²) in [6, 6.07) is 7.79. The Hall–Kier alpha value is -1.84. The van der Waals surface area contributed by atoms with Gasteiger partial charge in [-0.05, 0) is 43.9 Å². The van der Waals surface area contributed by atoms with E-state index in [0.29, 0.717) is 0 Å². The van der Waals surface area contributed by atoms with E-state index in [4.69, 9.17) is 0 Å². The van der Waals surface area contributed by atoms with Gasteiger partial charge in [0.2, 0.25) is 11.8 Å². The molecule has 1 aliphatic rings. The smallest absolute Gasteiger partial charge is 0.230 e. The molecule has 1 fully saturated rings. The maximum atomic E-state index is 12.4. The molecule has 1 aliphatic carbocycles. The van der Waals surface area contributed by atoms with E-state index in [-0.39, 0.29) is 23.3 Å². The standard InChI is InChI=1S/C16H22N2O2/c1-4-11(2)17-15(20)16(9-10-16)13-5-7-14(8-6-13)18-12(3)19/h5-8,11H,4,9-10H2,1-3H3,(H,17,20)(H,18,19). The number of benzene rings is 1. The van der Waals surface area contributed by atoms with Gasteiger partial charge >= 0.3 is 0 Å². The van der Waals surface area contributed by atoms with Gasteiger partial charge in [-0.1, -0.05) is 19.1 Å². The molecule has 1 atom stereocenters. The van der Waals surface area contributed by atoms with Gasteiger partial charge in [0, 0.05) is 18.7 Å². The number of anilines is 1. The van der Waals surface area contributed by atoms with Gasteiger partial charge in [0.25, 0.3) is 0 Å². The molecule has 0 heterocycles. The highest BCUT2D eigenvalue weighted by atomic mass is 16.2. The van der Waals surface area contributed by atoms with E-state index >= 15 is 0 Å². The second kappa shape index (κ2) is 5.65. The van der Waals surface area contributed by atoms with Crippen LogP contribution < -0.4 is 10.6 Å². The van der Waals surface area contributed by atoms with Crippen LogP contribution in [0.3, 0.4) is 0 Å². The van der Waals surface area contributed by atoms with Crippen LogP contribution in [-0.2, 0) is 15.0 Å². The lowest BCUT2D eigenvalue weighted by Crippen LogP contribution is -2.39. The molecule has 4 nitrogen and oxygen atoms in total. The predicted octanol–water partition coefficient (Wildman–Crippen LogP) is 2.59. The van der Waals surface area contributed by atoms with Crippen LogP contribution >= 0.6 is 0 Å². The van der Waals surface area contributed by atoms with Crippen molar-refractivity contribution in [1.82, 2.24) is 5.32 Å². The van der Waals surface area contributed by atoms with Crippen LogP contribution in [0.2, 0.25) is 0 Å². The van der Waals surface area contributed by atoms with E-state index in [9.17, 15) is 9.59 Å². The average Bonchev–Trinajstić information content (AvgIpc) is 3.20. The Kier molecular flexibility index (Phi) is 4.12. The fourth-order valence-corrected chi connectivity index (χ4v) is 2.31. The van der Waals surface area contributed by atoms with E-state index in [2.05, 4.69) is 17.6 Å². The number of carbonyl (C=O) groups excluding carboxylic acids is 2. The van der Waals surface area contributed by atoms with E-state index in [1.165, 1.54) is 6.92 Å². The van der Waals surface area contributed by atoms with Gasteiger partial charge in [-0.25, -0.2) is 0 Å². The zero-order valence-corrected chi connectivity index (χ0v) is 12.3. The summed E-state index contributed by atoms with van der Waals surface area (Å²) in [5, 5.41) is 5.80. The topological polar surface area (TPSA) is 58.2 Å². The fraction of sp³-hybridized carbons (Fsp3) is 0.500. The molecule has 20 heavy (non-hydrogen) atoms. The first-order chi connectivity index (χ1) is 9.48. The molecule has 1 aromatic carbocycles. The molecule has 0 bridgehead atoms. The Bertz CT molecular complexity index is 504. The van der Waals surface area contributed by atoms with E-state index in [0.717, 1.165) is 30.5 Å². The first-order valence-electron chi connectivity index (χ1n) is 7.17. The van der Waals surface area contributed by atoms with Crippen LogP contribution in [0.1, 0.15) is 45.6 Å². The molecule has 0 saturated heterocycles. The van der Waals surface area contributed by atoms with Gasteiger partial charge in [0.15, 0.2) is 0 Å². The first kappa shape index (κ1) is 14.6. The Morgan fingerprint density at radius 1 is 1.25 bits per heavy atom. The van der Waals surface area contributed by atoms with Crippen molar-refractivity contribution in [3.05, 3.63) is 29.8 Å². The molecule has 2 rings (SSSR count). The summed E-state index contributed by atoms with van der Waals surface area (Å²) < 4.78 is 0. The molecule has 1 unspecified atom stereocenters. The minimum Gasteiger partial charge on any atom is -0.353 e. The number of amides is 2. The normalized spacial score (nSPS) is 17.1. The third kappa shape index (κ3) is 3.00. The summed E-state index contributed by atoms with van der Waals surface area (Å²) in [5.74, 6) is 0.0347. The Morgan fingerprint density at radius 2 is 1.85 bits per heavy atom. The highest BCUT2D eigenvalue weighted by Gasteiger charge is 2.51. The SMILES string of the molecule is CCC(C)NC(=O)C1(c2ccc(NC(C)=O)cc2)CC1. The second-order valence-electron chi connectivity index (χ2n) is 5.62. The molecule has 0 aliphatic heterocycles. The Morgan fingerprint density at radius 3 is 2.30 bits per heavy atom. The number of nitrogens with one attached hydrogen (secondary N) is 2. The third-order valence-electron chi connectivity index (χ3n) is 3.93. The molecule has 0 spiro atoms. The Labute approximate surface area is 119 Å². The molecule has 4 heteroatoms. The van der Waals surface area contributed by atoms with Crippen LogP contribution in [0.15, 0.2) is 24.3 Å². The highest BCUT2D eigenvalue weighted by molar-refractivity contribution is 5.92. The van der Waals surface area contributed by atoms with Crippen molar-refractivity contribution in [3.8, 4) is 0 Å². The van der Waals surface area contributed by atoms with Gasteiger partial charge in [-0.3, -0.25) is 9.59 Å². The summed E-state index contributed by atoms with van der Waals surface area (Å²) >= 11 is 0. The molecule has 1 saturated carbocycles. The van der Waals surface area contributed by atoms with Gasteiger partial charge in [0.1, 0.15) is 0 Å². The van der Waals surface area contributed by atoms with Gasteiger partial charge in [-0.2, -0.15) is 0 Å². The van der Waals surface area contributed by atoms with Crippen molar-refractivity contribution in [2.45, 2.75) is 51.5 Å². The lowest BCUT2D eigenvalue weighted by molar-refractivity contribution is -0.124. The third-order valence-corrected chi connectivity index (χ3v) is 3.93. The van der Waals surface area contributed by atoms with Crippen molar-refractivity contribution in [3.63, 3.8) is 0 Å². The van der Waals surface area contributed by atoms with Crippen LogP contribution in [-0.4, -0.2) is 17.9 Å². The lowest BCUT2D eigenvalue weighted by Gasteiger charge is -2.19. The molecule has 0 aromatic heterocycles. The number of rotatable bonds is 5. The molecular weight excluding hydrogens is 252 g/mol. The average molecular weight is 274 g/mol. The Balaban J connectivity index is 2.10. The van der Waals surface area contributed by atoms with Gasteiger partial charge in [-0.15, -0.1) is 0 Å². The predicted molar refractivity (Wildman–Crippen MR) is 79.6 cm³/mol. The maximum absolute atomic E-state index is 12.4. The van der Waals surface area contributed by atoms with Gasteiger partial charge in [0.05, 0.1) is 5.41 Å². The molecule has 2 N–H and O–H groups in total. The van der Waals surface area contributed by atoms with Crippen LogP contribution in [0.4, 0.5) is 5.69 Å². The summed E-state index contributed by atoms with van der Waals surface area (Å²) in [4.78, 5) is 23.4. The van der Waals surface area contributed by atoms with E-state index in [1.54, 1.807) is 0 Å². The van der Waals surface area contributed by atoms with E-state index < -0.39 is 0 Å². The van der Waals surface area contributed by atoms with Crippen molar-refractivity contribution in [2.24, 2.45) is 0 Å². The van der Waals surface area contributed by atoms with Crippen molar-refractivity contribution in [1.29, 1.82) is 0 Å². The number of hydrogen-bond acceptors (Lipinski definition) is 2. The number of carbonyl (C=O) groups is 2. The largest absolute Gasteiger partial charge is 0.353 e. The lowest BCUT2D eigenvalue weighted by atomic mass is 9.94. The quantitative estimate of drug-likeness (QED) is 0.867. The van der Waals surface area contributed by atoms with Crippen molar-refractivity contribution < 1.29 is 9.59 Å². The zero-order chi connectivity index (χ0) is 14.8. The fourth-order valence-electron chi connectivity index (χ4n) is 2.31. The summed E-state index contributed by atoms with van der Waals surface area (Å²) in [7, 11) is 0. The summed E-state index contributed by atoms with van der Waals surface area (Å²) in [6.07, 6.45) is 2.73. The van der Waals surface area contributed by atoms with E-state index in [1.807, 2.05) is 31.2 Å². The zero-order valence-electron chi connectivity index (χ0n) is 12.3. The minimum atomic E-state index is -0.349. The van der Waals surface area contributed by atoms with Gasteiger partial charge < -0.3 is 10.6 Å². The maximum Gasteiger partial charge on any atom is 0.230 e. The molecule has 2 amide bonds. The summed E-state index contributed by atoms with van der Waals surface area (Å²) in [5.41, 5.74) is 1.45. The molecule has 108 valence electrons. The first-order valence-corrected chi connectivity index (χ1v) is 7.17. The van der Waals surface area contributed by atoms with Crippen LogP contribution in [0.5, 0.6) is 0 Å². The molecule has 1 aromatic rings. The minimum absolute atomic E-state index is 0.0894. The number of hydrogen-bond donors (Lipinski definition) is 2. The molecule has 0 radical (unpaired) electrons. The van der Waals surface area contributed by atoms with Crippen LogP contribution in [0, 0.1) is 0 Å². The van der Waals surface area contributed by atoms with Crippen molar-refractivity contribution in [2.75, 3.05) is 5.32 Å². The second-order valence-corrected chi connectivity index (χ2v) is 5.62.